The summed E-state index contributed by atoms with van der Waals surface area (Å²) >= 11 is 0. The van der Waals surface area contributed by atoms with Crippen LogP contribution in [0.1, 0.15) is 90.4 Å². The van der Waals surface area contributed by atoms with Gasteiger partial charge in [-0.15, -0.1) is 0 Å². The Hall–Kier alpha value is -0.160. The Kier molecular flexibility index (Phi) is 15.6. The highest BCUT2D eigenvalue weighted by molar-refractivity contribution is 4.77. The van der Waals surface area contributed by atoms with E-state index in [1.165, 1.54) is 64.2 Å². The van der Waals surface area contributed by atoms with Crippen LogP contribution in [0.25, 0.3) is 0 Å². The summed E-state index contributed by atoms with van der Waals surface area (Å²) in [6.45, 7) is 1.82. The molecule has 0 radical (unpaired) electrons. The lowest BCUT2D eigenvalue weighted by atomic mass is 9.99. The van der Waals surface area contributed by atoms with E-state index in [0.717, 1.165) is 12.8 Å². The molecule has 0 heterocycles. The highest BCUT2D eigenvalue weighted by Crippen LogP contribution is 2.13. The normalized spacial score (nSPS) is 15.7. The summed E-state index contributed by atoms with van der Waals surface area (Å²) in [5.41, 5.74) is 5.80. The zero-order valence-corrected chi connectivity index (χ0v) is 14.6. The maximum absolute atomic E-state index is 9.63. The minimum Gasteiger partial charge on any atom is -0.394 e. The van der Waals surface area contributed by atoms with Crippen molar-refractivity contribution in [3.63, 3.8) is 0 Å². The summed E-state index contributed by atoms with van der Waals surface area (Å²) in [7, 11) is 0. The van der Waals surface area contributed by atoms with Crippen molar-refractivity contribution >= 4 is 0 Å². The smallest absolute Gasteiger partial charge is 0.104 e. The van der Waals surface area contributed by atoms with Gasteiger partial charge in [-0.25, -0.2) is 0 Å². The Morgan fingerprint density at radius 3 is 1.55 bits per heavy atom. The van der Waals surface area contributed by atoms with Crippen LogP contribution in [0.15, 0.2) is 0 Å². The van der Waals surface area contributed by atoms with Gasteiger partial charge in [0.1, 0.15) is 6.10 Å². The predicted octanol–water partition coefficient (Wildman–Crippen LogP) is 3.12. The third-order valence-corrected chi connectivity index (χ3v) is 4.41. The molecule has 0 aliphatic carbocycles. The summed E-state index contributed by atoms with van der Waals surface area (Å²) in [6.07, 6.45) is 14.1. The van der Waals surface area contributed by atoms with E-state index in [-0.39, 0.29) is 0 Å². The molecule has 0 rings (SSSR count). The quantitative estimate of drug-likeness (QED) is 0.329. The molecule has 0 saturated carbocycles. The second-order valence-electron chi connectivity index (χ2n) is 6.58. The van der Waals surface area contributed by atoms with E-state index < -0.39 is 24.9 Å². The second kappa shape index (κ2) is 15.7. The van der Waals surface area contributed by atoms with E-state index in [2.05, 4.69) is 6.92 Å². The topological polar surface area (TPSA) is 86.7 Å². The average Bonchev–Trinajstić information content (AvgIpc) is 2.54. The first kappa shape index (κ1) is 21.8. The highest BCUT2D eigenvalue weighted by Gasteiger charge is 2.21. The van der Waals surface area contributed by atoms with Crippen LogP contribution in [0.2, 0.25) is 0 Å². The van der Waals surface area contributed by atoms with Crippen LogP contribution in [0.5, 0.6) is 0 Å². The largest absolute Gasteiger partial charge is 0.394 e. The molecule has 0 aromatic rings. The Labute approximate surface area is 137 Å². The Bertz CT molecular complexity index is 226. The number of aliphatic hydroxyl groups excluding tert-OH is 3. The molecule has 0 aliphatic rings. The van der Waals surface area contributed by atoms with Crippen molar-refractivity contribution in [1.82, 2.24) is 0 Å². The molecule has 5 N–H and O–H groups in total. The lowest BCUT2D eigenvalue weighted by Gasteiger charge is -2.22. The van der Waals surface area contributed by atoms with Gasteiger partial charge in [0.05, 0.1) is 12.7 Å². The van der Waals surface area contributed by atoms with E-state index in [1.54, 1.807) is 0 Å². The summed E-state index contributed by atoms with van der Waals surface area (Å²) < 4.78 is 0. The fourth-order valence-electron chi connectivity index (χ4n) is 2.79. The number of unbranched alkanes of at least 4 members (excludes halogenated alkanes) is 11. The summed E-state index contributed by atoms with van der Waals surface area (Å²) in [5, 5.41) is 27.7. The second-order valence-corrected chi connectivity index (χ2v) is 6.58. The van der Waals surface area contributed by atoms with Crippen molar-refractivity contribution in [3.8, 4) is 0 Å². The maximum Gasteiger partial charge on any atom is 0.104 e. The fraction of sp³-hybridized carbons (Fsp3) is 1.00. The SMILES string of the molecule is CCCCCCCCCCCCCC[C@@H](N)[C@@H](O)[C@H](O)CO. The maximum atomic E-state index is 9.63. The van der Waals surface area contributed by atoms with Crippen LogP contribution in [0, 0.1) is 0 Å². The molecule has 0 bridgehead atoms. The van der Waals surface area contributed by atoms with Gasteiger partial charge in [0, 0.05) is 6.04 Å². The molecule has 22 heavy (non-hydrogen) atoms. The molecule has 0 unspecified atom stereocenters. The summed E-state index contributed by atoms with van der Waals surface area (Å²) in [5.74, 6) is 0. The van der Waals surface area contributed by atoms with E-state index in [9.17, 15) is 10.2 Å². The average molecular weight is 318 g/mol. The van der Waals surface area contributed by atoms with Gasteiger partial charge >= 0.3 is 0 Å². The number of aliphatic hydroxyl groups is 3. The first-order valence-electron chi connectivity index (χ1n) is 9.36. The first-order valence-corrected chi connectivity index (χ1v) is 9.36. The summed E-state index contributed by atoms with van der Waals surface area (Å²) in [6, 6.07) is -0.440. The zero-order chi connectivity index (χ0) is 16.6. The molecule has 0 saturated heterocycles. The van der Waals surface area contributed by atoms with Crippen LogP contribution in [0.3, 0.4) is 0 Å². The Morgan fingerprint density at radius 1 is 0.727 bits per heavy atom. The van der Waals surface area contributed by atoms with Gasteiger partial charge < -0.3 is 21.1 Å². The molecule has 0 aromatic heterocycles. The van der Waals surface area contributed by atoms with E-state index in [4.69, 9.17) is 10.8 Å². The molecule has 134 valence electrons. The monoisotopic (exact) mass is 317 g/mol. The molecule has 3 atom stereocenters. The van der Waals surface area contributed by atoms with Crippen molar-refractivity contribution in [1.29, 1.82) is 0 Å². The summed E-state index contributed by atoms with van der Waals surface area (Å²) in [4.78, 5) is 0. The number of rotatable bonds is 16. The van der Waals surface area contributed by atoms with Crippen LogP contribution in [-0.4, -0.2) is 40.2 Å². The first-order chi connectivity index (χ1) is 10.6. The molecule has 0 aliphatic heterocycles. The standard InChI is InChI=1S/C18H39NO3/c1-2-3-4-5-6-7-8-9-10-11-12-13-14-16(19)18(22)17(21)15-20/h16-18,20-22H,2-15,19H2,1H3/t16-,17-,18-/m1/s1. The Balaban J connectivity index is 3.26. The third-order valence-electron chi connectivity index (χ3n) is 4.41. The fourth-order valence-corrected chi connectivity index (χ4v) is 2.79. The Morgan fingerprint density at radius 2 is 1.14 bits per heavy atom. The number of nitrogens with two attached hydrogens (primary N) is 1. The highest BCUT2D eigenvalue weighted by atomic mass is 16.4. The van der Waals surface area contributed by atoms with Gasteiger partial charge in [-0.2, -0.15) is 0 Å². The molecule has 4 nitrogen and oxygen atoms in total. The van der Waals surface area contributed by atoms with Crippen molar-refractivity contribution < 1.29 is 15.3 Å². The molecule has 0 spiro atoms. The molecule has 0 aromatic carbocycles. The lowest BCUT2D eigenvalue weighted by molar-refractivity contribution is -0.0272. The van der Waals surface area contributed by atoms with Gasteiger partial charge in [-0.1, -0.05) is 84.0 Å². The molecular weight excluding hydrogens is 278 g/mol. The van der Waals surface area contributed by atoms with E-state index >= 15 is 0 Å². The van der Waals surface area contributed by atoms with E-state index in [0.29, 0.717) is 6.42 Å². The van der Waals surface area contributed by atoms with Gasteiger partial charge in [0.15, 0.2) is 0 Å². The minimum absolute atomic E-state index is 0.437. The van der Waals surface area contributed by atoms with Crippen molar-refractivity contribution in [2.75, 3.05) is 6.61 Å². The number of hydrogen-bond donors (Lipinski definition) is 4. The van der Waals surface area contributed by atoms with Crippen LogP contribution in [0.4, 0.5) is 0 Å². The molecule has 4 heteroatoms. The van der Waals surface area contributed by atoms with Gasteiger partial charge in [-0.3, -0.25) is 0 Å². The minimum atomic E-state index is -1.12. The lowest BCUT2D eigenvalue weighted by Crippen LogP contribution is -2.44. The predicted molar refractivity (Wildman–Crippen MR) is 92.8 cm³/mol. The third kappa shape index (κ3) is 12.4. The van der Waals surface area contributed by atoms with Crippen LogP contribution >= 0.6 is 0 Å². The zero-order valence-electron chi connectivity index (χ0n) is 14.6. The van der Waals surface area contributed by atoms with Gasteiger partial charge in [0.2, 0.25) is 0 Å². The van der Waals surface area contributed by atoms with E-state index in [1.807, 2.05) is 0 Å². The van der Waals surface area contributed by atoms with Crippen LogP contribution < -0.4 is 5.73 Å². The number of hydrogen-bond acceptors (Lipinski definition) is 4. The molecular formula is C18H39NO3. The van der Waals surface area contributed by atoms with Crippen LogP contribution in [-0.2, 0) is 0 Å². The molecule has 0 amide bonds. The van der Waals surface area contributed by atoms with Crippen molar-refractivity contribution in [2.24, 2.45) is 5.73 Å². The van der Waals surface area contributed by atoms with Gasteiger partial charge in [0.25, 0.3) is 0 Å². The van der Waals surface area contributed by atoms with Crippen molar-refractivity contribution in [3.05, 3.63) is 0 Å². The van der Waals surface area contributed by atoms with Crippen molar-refractivity contribution in [2.45, 2.75) is 109 Å². The molecule has 0 fully saturated rings. The van der Waals surface area contributed by atoms with Gasteiger partial charge in [-0.05, 0) is 6.42 Å².